The van der Waals surface area contributed by atoms with Crippen LogP contribution in [-0.2, 0) is 13.0 Å². The number of carbonyl (C=O) groups excluding carboxylic acids is 1. The van der Waals surface area contributed by atoms with Crippen molar-refractivity contribution in [3.8, 4) is 0 Å². The highest BCUT2D eigenvalue weighted by Crippen LogP contribution is 2.16. The largest absolute Gasteiger partial charge is 0.356 e. The number of hydrogen-bond donors (Lipinski definition) is 2. The molecule has 0 aliphatic rings. The summed E-state index contributed by atoms with van der Waals surface area (Å²) in [6, 6.07) is 12.2. The molecule has 2 N–H and O–H groups in total. The summed E-state index contributed by atoms with van der Waals surface area (Å²) < 4.78 is 0. The minimum absolute atomic E-state index is 0. The molecule has 0 unspecified atom stereocenters. The minimum Gasteiger partial charge on any atom is -0.356 e. The monoisotopic (exact) mass is 508 g/mol. The first-order valence-electron chi connectivity index (χ1n) is 9.63. The number of hydrogen-bond acceptors (Lipinski definition) is 2. The van der Waals surface area contributed by atoms with E-state index in [1.165, 1.54) is 22.3 Å². The van der Waals surface area contributed by atoms with Gasteiger partial charge in [-0.05, 0) is 61.6 Å². The highest BCUT2D eigenvalue weighted by molar-refractivity contribution is 14.0. The summed E-state index contributed by atoms with van der Waals surface area (Å²) in [6.45, 7) is 7.90. The van der Waals surface area contributed by atoms with Crippen LogP contribution in [0.15, 0.2) is 41.4 Å². The van der Waals surface area contributed by atoms with Crippen molar-refractivity contribution in [2.24, 2.45) is 4.99 Å². The second kappa shape index (κ2) is 11.8. The maximum absolute atomic E-state index is 12.1. The summed E-state index contributed by atoms with van der Waals surface area (Å²) in [4.78, 5) is 18.0. The summed E-state index contributed by atoms with van der Waals surface area (Å²) >= 11 is 0. The van der Waals surface area contributed by atoms with E-state index >= 15 is 0 Å². The molecule has 158 valence electrons. The van der Waals surface area contributed by atoms with E-state index in [-0.39, 0.29) is 29.9 Å². The van der Waals surface area contributed by atoms with Gasteiger partial charge in [0.2, 0.25) is 0 Å². The summed E-state index contributed by atoms with van der Waals surface area (Å²) in [6.07, 6.45) is 0.817. The van der Waals surface area contributed by atoms with Crippen molar-refractivity contribution in [2.75, 3.05) is 27.7 Å². The van der Waals surface area contributed by atoms with Crippen molar-refractivity contribution in [3.63, 3.8) is 0 Å². The highest BCUT2D eigenvalue weighted by Gasteiger charge is 2.08. The van der Waals surface area contributed by atoms with Crippen LogP contribution in [0.4, 0.5) is 0 Å². The molecule has 2 rings (SSSR count). The number of amides is 1. The Labute approximate surface area is 192 Å². The van der Waals surface area contributed by atoms with Gasteiger partial charge in [0, 0.05) is 39.8 Å². The van der Waals surface area contributed by atoms with Gasteiger partial charge in [0.1, 0.15) is 0 Å². The zero-order valence-corrected chi connectivity index (χ0v) is 20.6. The SMILES string of the molecule is CN=C(NCCc1cccc(C(=O)N(C)C)c1)NCc1c(C)cc(C)cc1C.I. The molecular weight excluding hydrogens is 475 g/mol. The Bertz CT molecular complexity index is 839. The fourth-order valence-electron chi connectivity index (χ4n) is 3.32. The lowest BCUT2D eigenvalue weighted by molar-refractivity contribution is 0.0827. The molecule has 0 aliphatic heterocycles. The molecule has 6 heteroatoms. The van der Waals surface area contributed by atoms with Crippen molar-refractivity contribution in [3.05, 3.63) is 69.8 Å². The van der Waals surface area contributed by atoms with E-state index in [0.717, 1.165) is 36.6 Å². The molecule has 1 amide bonds. The van der Waals surface area contributed by atoms with Crippen LogP contribution in [0.1, 0.15) is 38.2 Å². The van der Waals surface area contributed by atoms with E-state index in [1.807, 2.05) is 24.3 Å². The van der Waals surface area contributed by atoms with Crippen molar-refractivity contribution in [1.82, 2.24) is 15.5 Å². The molecular formula is C23H33IN4O. The van der Waals surface area contributed by atoms with Gasteiger partial charge in [-0.15, -0.1) is 24.0 Å². The number of aryl methyl sites for hydroxylation is 3. The molecule has 0 aliphatic carbocycles. The predicted octanol–water partition coefficient (Wildman–Crippen LogP) is 3.84. The maximum Gasteiger partial charge on any atom is 0.253 e. The van der Waals surface area contributed by atoms with Gasteiger partial charge in [-0.3, -0.25) is 9.79 Å². The smallest absolute Gasteiger partial charge is 0.253 e. The first-order chi connectivity index (χ1) is 13.3. The number of nitrogens with one attached hydrogen (secondary N) is 2. The standard InChI is InChI=1S/C23H32N4O.HI/c1-16-12-17(2)21(18(3)13-16)15-26-23(24-4)25-11-10-19-8-7-9-20(14-19)22(28)27(5)6;/h7-9,12-14H,10-11,15H2,1-6H3,(H2,24,25,26);1H. The van der Waals surface area contributed by atoms with E-state index in [9.17, 15) is 4.79 Å². The minimum atomic E-state index is 0. The van der Waals surface area contributed by atoms with Crippen LogP contribution in [0, 0.1) is 20.8 Å². The van der Waals surface area contributed by atoms with Crippen molar-refractivity contribution in [2.45, 2.75) is 33.7 Å². The fourth-order valence-corrected chi connectivity index (χ4v) is 3.32. The highest BCUT2D eigenvalue weighted by atomic mass is 127. The van der Waals surface area contributed by atoms with Crippen LogP contribution in [0.5, 0.6) is 0 Å². The van der Waals surface area contributed by atoms with Crippen molar-refractivity contribution < 1.29 is 4.79 Å². The number of nitrogens with zero attached hydrogens (tertiary/aromatic N) is 2. The van der Waals surface area contributed by atoms with E-state index < -0.39 is 0 Å². The van der Waals surface area contributed by atoms with E-state index in [0.29, 0.717) is 0 Å². The summed E-state index contributed by atoms with van der Waals surface area (Å²) in [5.41, 5.74) is 7.03. The average Bonchev–Trinajstić information content (AvgIpc) is 2.65. The normalized spacial score (nSPS) is 10.9. The summed E-state index contributed by atoms with van der Waals surface area (Å²) in [7, 11) is 5.31. The zero-order chi connectivity index (χ0) is 20.7. The van der Waals surface area contributed by atoms with Crippen LogP contribution in [0.3, 0.4) is 0 Å². The Hall–Kier alpha value is -2.09. The van der Waals surface area contributed by atoms with Crippen LogP contribution < -0.4 is 10.6 Å². The third kappa shape index (κ3) is 7.34. The second-order valence-corrected chi connectivity index (χ2v) is 7.38. The Morgan fingerprint density at radius 1 is 1.03 bits per heavy atom. The van der Waals surface area contributed by atoms with Crippen LogP contribution in [0.2, 0.25) is 0 Å². The molecule has 0 spiro atoms. The summed E-state index contributed by atoms with van der Waals surface area (Å²) in [5, 5.41) is 6.75. The number of aliphatic imine (C=N–C) groups is 1. The first kappa shape index (κ1) is 24.9. The molecule has 0 saturated heterocycles. The molecule has 2 aromatic carbocycles. The predicted molar refractivity (Wildman–Crippen MR) is 132 cm³/mol. The van der Waals surface area contributed by atoms with Crippen LogP contribution >= 0.6 is 24.0 Å². The van der Waals surface area contributed by atoms with Crippen LogP contribution in [0.25, 0.3) is 0 Å². The summed E-state index contributed by atoms with van der Waals surface area (Å²) in [5.74, 6) is 0.802. The molecule has 5 nitrogen and oxygen atoms in total. The van der Waals surface area contributed by atoms with Gasteiger partial charge in [0.05, 0.1) is 0 Å². The van der Waals surface area contributed by atoms with Crippen LogP contribution in [-0.4, -0.2) is 44.5 Å². The lowest BCUT2D eigenvalue weighted by atomic mass is 10.00. The van der Waals surface area contributed by atoms with Gasteiger partial charge in [-0.2, -0.15) is 0 Å². The Kier molecular flexibility index (Phi) is 10.2. The quantitative estimate of drug-likeness (QED) is 0.354. The maximum atomic E-state index is 12.1. The van der Waals surface area contributed by atoms with Gasteiger partial charge in [0.15, 0.2) is 5.96 Å². The lowest BCUT2D eigenvalue weighted by Gasteiger charge is -2.16. The Morgan fingerprint density at radius 2 is 1.69 bits per heavy atom. The van der Waals surface area contributed by atoms with Gasteiger partial charge in [-0.1, -0.05) is 29.8 Å². The van der Waals surface area contributed by atoms with Gasteiger partial charge >= 0.3 is 0 Å². The molecule has 0 heterocycles. The third-order valence-corrected chi connectivity index (χ3v) is 4.78. The van der Waals surface area contributed by atoms with E-state index in [4.69, 9.17) is 0 Å². The molecule has 0 atom stereocenters. The second-order valence-electron chi connectivity index (χ2n) is 7.38. The van der Waals surface area contributed by atoms with E-state index in [1.54, 1.807) is 26.0 Å². The molecule has 29 heavy (non-hydrogen) atoms. The van der Waals surface area contributed by atoms with Gasteiger partial charge in [0.25, 0.3) is 5.91 Å². The first-order valence-corrected chi connectivity index (χ1v) is 9.63. The number of halogens is 1. The van der Waals surface area contributed by atoms with Crippen molar-refractivity contribution in [1.29, 1.82) is 0 Å². The Morgan fingerprint density at radius 3 is 2.28 bits per heavy atom. The molecule has 0 aromatic heterocycles. The Balaban J connectivity index is 0.00000420. The van der Waals surface area contributed by atoms with Gasteiger partial charge < -0.3 is 15.5 Å². The van der Waals surface area contributed by atoms with E-state index in [2.05, 4.69) is 48.5 Å². The molecule has 0 bridgehead atoms. The average molecular weight is 508 g/mol. The zero-order valence-electron chi connectivity index (χ0n) is 18.3. The molecule has 0 fully saturated rings. The third-order valence-electron chi connectivity index (χ3n) is 4.78. The lowest BCUT2D eigenvalue weighted by Crippen LogP contribution is -2.38. The number of guanidine groups is 1. The van der Waals surface area contributed by atoms with Crippen molar-refractivity contribution >= 4 is 35.8 Å². The molecule has 0 radical (unpaired) electrons. The molecule has 2 aromatic rings. The topological polar surface area (TPSA) is 56.7 Å². The van der Waals surface area contributed by atoms with Gasteiger partial charge in [-0.25, -0.2) is 0 Å². The number of benzene rings is 2. The molecule has 0 saturated carbocycles. The number of carbonyl (C=O) groups is 1. The number of rotatable bonds is 6. The fraction of sp³-hybridized carbons (Fsp3) is 0.391.